The van der Waals surface area contributed by atoms with Crippen LogP contribution in [0.4, 0.5) is 5.69 Å². The first kappa shape index (κ1) is 23.5. The fraction of sp³-hybridized carbons (Fsp3) is 0.370. The fourth-order valence-electron chi connectivity index (χ4n) is 3.74. The molecule has 0 saturated heterocycles. The molecule has 0 bridgehead atoms. The first-order valence-corrected chi connectivity index (χ1v) is 10.6. The number of nitrogens with one attached hydrogen (secondary N) is 1. The number of amides is 1. The summed E-state index contributed by atoms with van der Waals surface area (Å²) >= 11 is 0. The Kier molecular flexibility index (Phi) is 8.46. The van der Waals surface area contributed by atoms with Crippen LogP contribution in [0.2, 0.25) is 0 Å². The third kappa shape index (κ3) is 7.22. The van der Waals surface area contributed by atoms with E-state index in [1.807, 2.05) is 43.3 Å². The van der Waals surface area contributed by atoms with Crippen molar-refractivity contribution in [2.45, 2.75) is 53.9 Å². The number of ether oxygens (including phenoxy) is 1. The molecule has 0 radical (unpaired) electrons. The van der Waals surface area contributed by atoms with E-state index in [1.54, 1.807) is 13.2 Å². The van der Waals surface area contributed by atoms with Gasteiger partial charge in [-0.3, -0.25) is 4.79 Å². The van der Waals surface area contributed by atoms with E-state index in [2.05, 4.69) is 51.2 Å². The first-order chi connectivity index (χ1) is 14.2. The third-order valence-electron chi connectivity index (χ3n) is 5.49. The third-order valence-corrected chi connectivity index (χ3v) is 5.49. The Morgan fingerprint density at radius 1 is 1.10 bits per heavy atom. The van der Waals surface area contributed by atoms with E-state index in [-0.39, 0.29) is 11.3 Å². The molecule has 1 amide bonds. The van der Waals surface area contributed by atoms with Crippen molar-refractivity contribution in [2.24, 2.45) is 5.41 Å². The maximum atomic E-state index is 12.2. The molecule has 0 spiro atoms. The summed E-state index contributed by atoms with van der Waals surface area (Å²) < 4.78 is 5.12. The van der Waals surface area contributed by atoms with Gasteiger partial charge < -0.3 is 10.1 Å². The zero-order valence-corrected chi connectivity index (χ0v) is 19.2. The van der Waals surface area contributed by atoms with Gasteiger partial charge in [0.25, 0.3) is 0 Å². The van der Waals surface area contributed by atoms with Crippen molar-refractivity contribution in [3.05, 3.63) is 83.0 Å². The zero-order valence-electron chi connectivity index (χ0n) is 19.2. The van der Waals surface area contributed by atoms with E-state index in [1.165, 1.54) is 36.0 Å². The number of carbonyl (C=O) groups is 1. The Morgan fingerprint density at radius 2 is 1.80 bits per heavy atom. The van der Waals surface area contributed by atoms with Gasteiger partial charge in [0.05, 0.1) is 7.11 Å². The largest absolute Gasteiger partial charge is 0.497 e. The predicted octanol–water partition coefficient (Wildman–Crippen LogP) is 7.17. The molecule has 3 heteroatoms. The van der Waals surface area contributed by atoms with Crippen molar-refractivity contribution >= 4 is 11.6 Å². The maximum absolute atomic E-state index is 12.2. The summed E-state index contributed by atoms with van der Waals surface area (Å²) in [7, 11) is 1.62. The number of benzene rings is 1. The molecule has 30 heavy (non-hydrogen) atoms. The number of allylic oxidation sites excluding steroid dienone is 9. The van der Waals surface area contributed by atoms with E-state index in [4.69, 9.17) is 4.74 Å². The highest BCUT2D eigenvalue weighted by molar-refractivity contribution is 6.00. The Bertz CT molecular complexity index is 893. The minimum absolute atomic E-state index is 0.148. The quantitative estimate of drug-likeness (QED) is 0.386. The molecule has 0 fully saturated rings. The lowest BCUT2D eigenvalue weighted by molar-refractivity contribution is -0.111. The summed E-state index contributed by atoms with van der Waals surface area (Å²) in [5.74, 6) is 0.613. The number of methoxy groups -OCH3 is 1. The number of rotatable bonds is 7. The first-order valence-electron chi connectivity index (χ1n) is 10.6. The standard InChI is InChI=1S/C27H35NO2/c1-20(12-17-25-22(3)11-8-18-27(25,4)5)9-7-10-21(2)19-26(29)28-23-13-15-24(30-6)16-14-23/h7,9-10,12-17,19H,8,11,18H2,1-6H3,(H,28,29)/b10-7+,17-12+,20-9+,21-19+. The summed E-state index contributed by atoms with van der Waals surface area (Å²) in [5.41, 5.74) is 6.05. The molecular formula is C27H35NO2. The van der Waals surface area contributed by atoms with Crippen LogP contribution in [0.15, 0.2) is 83.0 Å². The lowest BCUT2D eigenvalue weighted by Gasteiger charge is -2.32. The molecule has 0 unspecified atom stereocenters. The molecule has 1 aromatic rings. The van der Waals surface area contributed by atoms with E-state index in [9.17, 15) is 4.79 Å². The Balaban J connectivity index is 1.95. The second-order valence-corrected chi connectivity index (χ2v) is 8.64. The lowest BCUT2D eigenvalue weighted by atomic mass is 9.72. The molecule has 0 heterocycles. The van der Waals surface area contributed by atoms with Crippen LogP contribution in [0.1, 0.15) is 53.9 Å². The van der Waals surface area contributed by atoms with Crippen molar-refractivity contribution in [1.82, 2.24) is 0 Å². The van der Waals surface area contributed by atoms with Gasteiger partial charge in [0.15, 0.2) is 0 Å². The molecule has 2 rings (SSSR count). The van der Waals surface area contributed by atoms with Crippen molar-refractivity contribution in [2.75, 3.05) is 12.4 Å². The minimum Gasteiger partial charge on any atom is -0.497 e. The summed E-state index contributed by atoms with van der Waals surface area (Å²) in [6.07, 6.45) is 15.8. The van der Waals surface area contributed by atoms with Crippen molar-refractivity contribution in [3.63, 3.8) is 0 Å². The van der Waals surface area contributed by atoms with Crippen LogP contribution < -0.4 is 10.1 Å². The smallest absolute Gasteiger partial charge is 0.248 e. The highest BCUT2D eigenvalue weighted by atomic mass is 16.5. The fourth-order valence-corrected chi connectivity index (χ4v) is 3.74. The second kappa shape index (κ2) is 10.8. The SMILES string of the molecule is COc1ccc(NC(=O)/C=C(C)/C=C/C=C(C)/C=C/C2=C(C)CCCC2(C)C)cc1. The molecule has 0 atom stereocenters. The highest BCUT2D eigenvalue weighted by Crippen LogP contribution is 2.40. The van der Waals surface area contributed by atoms with Crippen LogP contribution in [-0.4, -0.2) is 13.0 Å². The van der Waals surface area contributed by atoms with Crippen LogP contribution in [0.5, 0.6) is 5.75 Å². The van der Waals surface area contributed by atoms with Crippen molar-refractivity contribution in [1.29, 1.82) is 0 Å². The van der Waals surface area contributed by atoms with Gasteiger partial charge in [0, 0.05) is 11.8 Å². The summed E-state index contributed by atoms with van der Waals surface area (Å²) in [5, 5.41) is 2.86. The summed E-state index contributed by atoms with van der Waals surface area (Å²) in [6, 6.07) is 7.27. The molecule has 0 aliphatic heterocycles. The average Bonchev–Trinajstić information content (AvgIpc) is 2.67. The lowest BCUT2D eigenvalue weighted by Crippen LogP contribution is -2.19. The van der Waals surface area contributed by atoms with E-state index < -0.39 is 0 Å². The van der Waals surface area contributed by atoms with Crippen LogP contribution in [0.3, 0.4) is 0 Å². The Labute approximate surface area is 181 Å². The molecular weight excluding hydrogens is 370 g/mol. The number of hydrogen-bond acceptors (Lipinski definition) is 2. The minimum atomic E-state index is -0.148. The monoisotopic (exact) mass is 405 g/mol. The average molecular weight is 406 g/mol. The predicted molar refractivity (Wildman–Crippen MR) is 128 cm³/mol. The van der Waals surface area contributed by atoms with Gasteiger partial charge in [-0.15, -0.1) is 0 Å². The van der Waals surface area contributed by atoms with E-state index in [0.717, 1.165) is 17.0 Å². The van der Waals surface area contributed by atoms with Gasteiger partial charge in [-0.05, 0) is 80.9 Å². The van der Waals surface area contributed by atoms with E-state index >= 15 is 0 Å². The van der Waals surface area contributed by atoms with Gasteiger partial charge in [-0.2, -0.15) is 0 Å². The Morgan fingerprint density at radius 3 is 2.43 bits per heavy atom. The molecule has 1 aliphatic rings. The van der Waals surface area contributed by atoms with Crippen LogP contribution in [0.25, 0.3) is 0 Å². The topological polar surface area (TPSA) is 38.3 Å². The Hall–Kier alpha value is -2.81. The summed E-state index contributed by atoms with van der Waals surface area (Å²) in [4.78, 5) is 12.2. The van der Waals surface area contributed by atoms with Gasteiger partial charge in [-0.25, -0.2) is 0 Å². The number of anilines is 1. The summed E-state index contributed by atoms with van der Waals surface area (Å²) in [6.45, 7) is 10.9. The zero-order chi connectivity index (χ0) is 22.1. The van der Waals surface area contributed by atoms with E-state index in [0.29, 0.717) is 0 Å². The highest BCUT2D eigenvalue weighted by Gasteiger charge is 2.26. The molecule has 160 valence electrons. The number of carbonyl (C=O) groups excluding carboxylic acids is 1. The van der Waals surface area contributed by atoms with Crippen molar-refractivity contribution in [3.8, 4) is 5.75 Å². The van der Waals surface area contributed by atoms with Crippen LogP contribution >= 0.6 is 0 Å². The molecule has 1 N–H and O–H groups in total. The molecule has 3 nitrogen and oxygen atoms in total. The second-order valence-electron chi connectivity index (χ2n) is 8.64. The molecule has 0 aromatic heterocycles. The van der Waals surface area contributed by atoms with Gasteiger partial charge >= 0.3 is 0 Å². The maximum Gasteiger partial charge on any atom is 0.248 e. The van der Waals surface area contributed by atoms with Crippen LogP contribution in [0, 0.1) is 5.41 Å². The van der Waals surface area contributed by atoms with Crippen LogP contribution in [-0.2, 0) is 4.79 Å². The number of hydrogen-bond donors (Lipinski definition) is 1. The molecule has 1 aromatic carbocycles. The van der Waals surface area contributed by atoms with Gasteiger partial charge in [-0.1, -0.05) is 55.4 Å². The molecule has 0 saturated carbocycles. The molecule has 1 aliphatic carbocycles. The van der Waals surface area contributed by atoms with Crippen molar-refractivity contribution < 1.29 is 9.53 Å². The normalized spacial score (nSPS) is 17.7. The van der Waals surface area contributed by atoms with Gasteiger partial charge in [0.1, 0.15) is 5.75 Å². The van der Waals surface area contributed by atoms with Gasteiger partial charge in [0.2, 0.25) is 5.91 Å².